The molecular formula is C11H11ClN4O6. The average Bonchev–Trinajstić information content (AvgIpc) is 3.00. The molecule has 1 fully saturated rings. The number of aliphatic hydroxyl groups excluding tert-OH is 3. The Morgan fingerprint density at radius 1 is 1.45 bits per heavy atom. The van der Waals surface area contributed by atoms with Crippen molar-refractivity contribution in [3.8, 4) is 0 Å². The lowest BCUT2D eigenvalue weighted by Crippen LogP contribution is -2.33. The SMILES string of the molecule is O=[N+]([O-])c1cc(Cl)nc2c1ncn2[C@@H]1O[C@H](CO)[C@@H](O)[C@H]1O. The Morgan fingerprint density at radius 3 is 2.77 bits per heavy atom. The number of fused-ring (bicyclic) bond motifs is 1. The van der Waals surface area contributed by atoms with Crippen molar-refractivity contribution in [2.75, 3.05) is 6.61 Å². The topological polar surface area (TPSA) is 144 Å². The number of nitrogens with zero attached hydrogens (tertiary/aromatic N) is 4. The van der Waals surface area contributed by atoms with Crippen molar-refractivity contribution in [2.45, 2.75) is 24.5 Å². The molecule has 2 aromatic rings. The van der Waals surface area contributed by atoms with Crippen LogP contribution in [-0.4, -0.2) is 59.7 Å². The fourth-order valence-corrected chi connectivity index (χ4v) is 2.58. The first-order valence-corrected chi connectivity index (χ1v) is 6.61. The third kappa shape index (κ3) is 2.21. The third-order valence-electron chi connectivity index (χ3n) is 3.47. The molecule has 0 saturated carbocycles. The van der Waals surface area contributed by atoms with E-state index in [2.05, 4.69) is 9.97 Å². The van der Waals surface area contributed by atoms with Gasteiger partial charge >= 0.3 is 5.69 Å². The maximum absolute atomic E-state index is 11.0. The van der Waals surface area contributed by atoms with E-state index in [4.69, 9.17) is 21.4 Å². The summed E-state index contributed by atoms with van der Waals surface area (Å²) in [6, 6.07) is 1.07. The smallest absolute Gasteiger partial charge is 0.301 e. The van der Waals surface area contributed by atoms with Crippen LogP contribution in [0.5, 0.6) is 0 Å². The van der Waals surface area contributed by atoms with Crippen LogP contribution in [0, 0.1) is 10.1 Å². The largest absolute Gasteiger partial charge is 0.394 e. The summed E-state index contributed by atoms with van der Waals surface area (Å²) in [6.07, 6.45) is -3.54. The van der Waals surface area contributed by atoms with Gasteiger partial charge < -0.3 is 20.1 Å². The van der Waals surface area contributed by atoms with Crippen LogP contribution in [0.3, 0.4) is 0 Å². The van der Waals surface area contributed by atoms with Crippen LogP contribution < -0.4 is 0 Å². The lowest BCUT2D eigenvalue weighted by Gasteiger charge is -2.16. The van der Waals surface area contributed by atoms with Gasteiger partial charge in [0.05, 0.1) is 23.9 Å². The summed E-state index contributed by atoms with van der Waals surface area (Å²) in [6.45, 7) is -0.490. The van der Waals surface area contributed by atoms with Crippen LogP contribution in [0.4, 0.5) is 5.69 Å². The normalized spacial score (nSPS) is 28.4. The monoisotopic (exact) mass is 330 g/mol. The quantitative estimate of drug-likeness (QED) is 0.392. The molecule has 0 aromatic carbocycles. The molecule has 0 radical (unpaired) electrons. The minimum Gasteiger partial charge on any atom is -0.394 e. The molecule has 3 rings (SSSR count). The van der Waals surface area contributed by atoms with Crippen molar-refractivity contribution in [1.82, 2.24) is 14.5 Å². The summed E-state index contributed by atoms with van der Waals surface area (Å²) in [7, 11) is 0. The summed E-state index contributed by atoms with van der Waals surface area (Å²) >= 11 is 5.78. The Labute approximate surface area is 127 Å². The van der Waals surface area contributed by atoms with Gasteiger partial charge in [0.1, 0.15) is 23.5 Å². The number of aromatic nitrogens is 3. The maximum Gasteiger partial charge on any atom is 0.301 e. The van der Waals surface area contributed by atoms with Crippen molar-refractivity contribution in [1.29, 1.82) is 0 Å². The standard InChI is InChI=1S/C11H11ClN4O6/c12-6-1-4(16(20)21)7-10(14-6)15(3-13-7)11-9(19)8(18)5(2-17)22-11/h1,3,5,8-9,11,17-19H,2H2/t5-,8-,9-,11-/m1/s1. The number of rotatable bonds is 3. The van der Waals surface area contributed by atoms with Crippen LogP contribution in [0.25, 0.3) is 11.2 Å². The molecule has 0 amide bonds. The Kier molecular flexibility index (Phi) is 3.70. The molecule has 1 aliphatic rings. The zero-order valence-corrected chi connectivity index (χ0v) is 11.7. The van der Waals surface area contributed by atoms with Gasteiger partial charge in [-0.05, 0) is 0 Å². The first-order valence-electron chi connectivity index (χ1n) is 6.24. The van der Waals surface area contributed by atoms with E-state index in [0.717, 1.165) is 6.07 Å². The maximum atomic E-state index is 11.0. The van der Waals surface area contributed by atoms with Crippen molar-refractivity contribution in [3.05, 3.63) is 27.7 Å². The number of nitro groups is 1. The first kappa shape index (κ1) is 15.1. The van der Waals surface area contributed by atoms with Crippen molar-refractivity contribution >= 4 is 28.5 Å². The van der Waals surface area contributed by atoms with E-state index in [1.807, 2.05) is 0 Å². The van der Waals surface area contributed by atoms with E-state index in [-0.39, 0.29) is 22.0 Å². The van der Waals surface area contributed by atoms with Crippen LogP contribution in [0.2, 0.25) is 5.15 Å². The van der Waals surface area contributed by atoms with Gasteiger partial charge in [-0.2, -0.15) is 0 Å². The highest BCUT2D eigenvalue weighted by Crippen LogP contribution is 2.33. The number of halogens is 1. The number of pyridine rings is 1. The lowest BCUT2D eigenvalue weighted by atomic mass is 10.1. The summed E-state index contributed by atoms with van der Waals surface area (Å²) in [5.41, 5.74) is -0.318. The second-order valence-corrected chi connectivity index (χ2v) is 5.16. The van der Waals surface area contributed by atoms with E-state index < -0.39 is 36.1 Å². The molecule has 1 saturated heterocycles. The molecule has 0 aliphatic carbocycles. The van der Waals surface area contributed by atoms with Gasteiger partial charge in [-0.15, -0.1) is 0 Å². The molecule has 0 unspecified atom stereocenters. The van der Waals surface area contributed by atoms with Crippen LogP contribution in [-0.2, 0) is 4.74 Å². The molecule has 0 spiro atoms. The van der Waals surface area contributed by atoms with E-state index in [0.29, 0.717) is 0 Å². The molecule has 3 N–H and O–H groups in total. The minimum atomic E-state index is -1.35. The summed E-state index contributed by atoms with van der Waals surface area (Å²) in [5.74, 6) is 0. The van der Waals surface area contributed by atoms with Crippen LogP contribution >= 0.6 is 11.6 Å². The Bertz CT molecular complexity index is 737. The van der Waals surface area contributed by atoms with Crippen LogP contribution in [0.1, 0.15) is 6.23 Å². The molecule has 11 heteroatoms. The second-order valence-electron chi connectivity index (χ2n) is 4.77. The molecule has 4 atom stereocenters. The van der Waals surface area contributed by atoms with Gasteiger partial charge in [0.2, 0.25) is 0 Å². The molecule has 3 heterocycles. The summed E-state index contributed by atoms with van der Waals surface area (Å²) in [5, 5.41) is 39.8. The first-order chi connectivity index (χ1) is 10.4. The predicted molar refractivity (Wildman–Crippen MR) is 72.2 cm³/mol. The fraction of sp³-hybridized carbons (Fsp3) is 0.455. The highest BCUT2D eigenvalue weighted by Gasteiger charge is 2.44. The number of ether oxygens (including phenoxy) is 1. The zero-order chi connectivity index (χ0) is 16.0. The minimum absolute atomic E-state index is 0.0212. The van der Waals surface area contributed by atoms with Gasteiger partial charge in [0, 0.05) is 0 Å². The lowest BCUT2D eigenvalue weighted by molar-refractivity contribution is -0.383. The second kappa shape index (κ2) is 5.41. The van der Waals surface area contributed by atoms with Crippen LogP contribution in [0.15, 0.2) is 12.4 Å². The molecule has 2 aromatic heterocycles. The van der Waals surface area contributed by atoms with E-state index in [1.54, 1.807) is 0 Å². The Morgan fingerprint density at radius 2 is 2.18 bits per heavy atom. The number of aliphatic hydroxyl groups is 3. The number of hydrogen-bond acceptors (Lipinski definition) is 8. The fourth-order valence-electron chi connectivity index (χ4n) is 2.40. The Balaban J connectivity index is 2.11. The highest BCUT2D eigenvalue weighted by molar-refractivity contribution is 6.30. The van der Waals surface area contributed by atoms with Gasteiger partial charge in [0.25, 0.3) is 0 Å². The molecule has 22 heavy (non-hydrogen) atoms. The van der Waals surface area contributed by atoms with Gasteiger partial charge in [-0.3, -0.25) is 14.7 Å². The molecule has 0 bridgehead atoms. The molecule has 10 nitrogen and oxygen atoms in total. The number of hydrogen-bond donors (Lipinski definition) is 3. The highest BCUT2D eigenvalue weighted by atomic mass is 35.5. The third-order valence-corrected chi connectivity index (χ3v) is 3.66. The summed E-state index contributed by atoms with van der Waals surface area (Å²) < 4.78 is 6.58. The molecular weight excluding hydrogens is 320 g/mol. The molecule has 1 aliphatic heterocycles. The van der Waals surface area contributed by atoms with E-state index >= 15 is 0 Å². The number of imidazole rings is 1. The Hall–Kier alpha value is -1.85. The van der Waals surface area contributed by atoms with Gasteiger partial charge in [-0.1, -0.05) is 11.6 Å². The average molecular weight is 331 g/mol. The van der Waals surface area contributed by atoms with Gasteiger partial charge in [0.15, 0.2) is 17.4 Å². The van der Waals surface area contributed by atoms with Crippen molar-refractivity contribution in [3.63, 3.8) is 0 Å². The summed E-state index contributed by atoms with van der Waals surface area (Å²) in [4.78, 5) is 18.2. The zero-order valence-electron chi connectivity index (χ0n) is 10.9. The molecule has 118 valence electrons. The van der Waals surface area contributed by atoms with Crippen molar-refractivity contribution in [2.24, 2.45) is 0 Å². The van der Waals surface area contributed by atoms with Gasteiger partial charge in [-0.25, -0.2) is 9.97 Å². The van der Waals surface area contributed by atoms with Crippen molar-refractivity contribution < 1.29 is 25.0 Å². The predicted octanol–water partition coefficient (Wildman–Crippen LogP) is -0.396. The van der Waals surface area contributed by atoms with E-state index in [9.17, 15) is 20.3 Å². The van der Waals surface area contributed by atoms with E-state index in [1.165, 1.54) is 10.9 Å².